The summed E-state index contributed by atoms with van der Waals surface area (Å²) in [4.78, 5) is 10.0. The van der Waals surface area contributed by atoms with Crippen LogP contribution in [0.1, 0.15) is 12.5 Å². The molecular weight excluding hydrogens is 262 g/mol. The molecule has 4 nitrogen and oxygen atoms in total. The average Bonchev–Trinajstić information content (AvgIpc) is 2.18. The summed E-state index contributed by atoms with van der Waals surface area (Å²) < 4.78 is 5.95. The van der Waals surface area contributed by atoms with E-state index in [0.29, 0.717) is 11.3 Å². The fourth-order valence-corrected chi connectivity index (χ4v) is 1.47. The van der Waals surface area contributed by atoms with Crippen LogP contribution in [0.15, 0.2) is 28.4 Å². The minimum absolute atomic E-state index is 0.0754. The van der Waals surface area contributed by atoms with Gasteiger partial charge in [0.25, 0.3) is 0 Å². The molecule has 0 atom stereocenters. The van der Waals surface area contributed by atoms with Gasteiger partial charge in [-0.1, -0.05) is 15.9 Å². The fourth-order valence-electron chi connectivity index (χ4n) is 1.10. The van der Waals surface area contributed by atoms with Gasteiger partial charge >= 0.3 is 0 Å². The molecule has 15 heavy (non-hydrogen) atoms. The van der Waals surface area contributed by atoms with Crippen LogP contribution in [-0.2, 0) is 0 Å². The molecule has 80 valence electrons. The third-order valence-electron chi connectivity index (χ3n) is 1.84. The fraction of sp³-hybridized carbons (Fsp3) is 0.200. The first kappa shape index (κ1) is 11.7. The van der Waals surface area contributed by atoms with Gasteiger partial charge in [-0.2, -0.15) is 0 Å². The number of hydrogen-bond acceptors (Lipinski definition) is 3. The monoisotopic (exact) mass is 271 g/mol. The van der Waals surface area contributed by atoms with Gasteiger partial charge in [-0.25, -0.2) is 0 Å². The molecule has 0 spiro atoms. The number of benzene rings is 1. The van der Waals surface area contributed by atoms with E-state index in [4.69, 9.17) is 4.74 Å². The maximum absolute atomic E-state index is 10.5. The van der Waals surface area contributed by atoms with Crippen molar-refractivity contribution in [3.8, 4) is 5.75 Å². The van der Waals surface area contributed by atoms with Crippen molar-refractivity contribution in [2.24, 2.45) is 0 Å². The Morgan fingerprint density at radius 3 is 2.80 bits per heavy atom. The Kier molecular flexibility index (Phi) is 3.85. The molecule has 0 unspecified atom stereocenters. The minimum atomic E-state index is -0.430. The molecule has 0 N–H and O–H groups in total. The van der Waals surface area contributed by atoms with E-state index in [0.717, 1.165) is 4.47 Å². The van der Waals surface area contributed by atoms with Gasteiger partial charge in [0.1, 0.15) is 5.75 Å². The molecule has 0 saturated heterocycles. The van der Waals surface area contributed by atoms with E-state index in [1.54, 1.807) is 12.1 Å². The van der Waals surface area contributed by atoms with Gasteiger partial charge in [0.15, 0.2) is 0 Å². The Bertz CT molecular complexity index is 415. The van der Waals surface area contributed by atoms with Gasteiger partial charge in [-0.3, -0.25) is 10.1 Å². The first-order valence-electron chi connectivity index (χ1n) is 4.21. The van der Waals surface area contributed by atoms with Crippen LogP contribution in [-0.4, -0.2) is 12.0 Å². The standard InChI is InChI=1S/C10H10BrNO3/c1-7(12(13)14)5-8-6-9(11)3-4-10(8)15-2/h3-6H,1-2H3/b7-5+. The number of hydrogen-bond donors (Lipinski definition) is 0. The second kappa shape index (κ2) is 4.93. The smallest absolute Gasteiger partial charge is 0.243 e. The quantitative estimate of drug-likeness (QED) is 0.627. The highest BCUT2D eigenvalue weighted by molar-refractivity contribution is 9.10. The van der Waals surface area contributed by atoms with E-state index in [1.165, 1.54) is 20.1 Å². The first-order chi connectivity index (χ1) is 7.04. The van der Waals surface area contributed by atoms with Gasteiger partial charge in [0, 0.05) is 23.0 Å². The van der Waals surface area contributed by atoms with E-state index in [9.17, 15) is 10.1 Å². The second-order valence-corrected chi connectivity index (χ2v) is 3.84. The summed E-state index contributed by atoms with van der Waals surface area (Å²) in [6.07, 6.45) is 1.48. The normalized spacial score (nSPS) is 11.3. The van der Waals surface area contributed by atoms with Crippen LogP contribution in [0.3, 0.4) is 0 Å². The lowest BCUT2D eigenvalue weighted by Crippen LogP contribution is -1.94. The Morgan fingerprint density at radius 2 is 2.27 bits per heavy atom. The molecule has 0 bridgehead atoms. The van der Waals surface area contributed by atoms with Gasteiger partial charge in [-0.05, 0) is 18.2 Å². The van der Waals surface area contributed by atoms with Crippen molar-refractivity contribution < 1.29 is 9.66 Å². The lowest BCUT2D eigenvalue weighted by atomic mass is 10.2. The molecule has 0 fully saturated rings. The number of methoxy groups -OCH3 is 1. The number of halogens is 1. The molecule has 0 saturated carbocycles. The van der Waals surface area contributed by atoms with Crippen LogP contribution >= 0.6 is 15.9 Å². The van der Waals surface area contributed by atoms with E-state index in [1.807, 2.05) is 6.07 Å². The zero-order valence-electron chi connectivity index (χ0n) is 8.36. The second-order valence-electron chi connectivity index (χ2n) is 2.93. The molecule has 1 aromatic carbocycles. The summed E-state index contributed by atoms with van der Waals surface area (Å²) in [5.41, 5.74) is 0.757. The summed E-state index contributed by atoms with van der Waals surface area (Å²) in [6.45, 7) is 1.44. The maximum Gasteiger partial charge on any atom is 0.243 e. The summed E-state index contributed by atoms with van der Waals surface area (Å²) in [5.74, 6) is 0.611. The zero-order chi connectivity index (χ0) is 11.4. The highest BCUT2D eigenvalue weighted by Gasteiger charge is 2.06. The molecule has 0 heterocycles. The van der Waals surface area contributed by atoms with Gasteiger partial charge in [0.2, 0.25) is 5.70 Å². The van der Waals surface area contributed by atoms with Crippen molar-refractivity contribution in [2.45, 2.75) is 6.92 Å². The minimum Gasteiger partial charge on any atom is -0.496 e. The molecule has 0 aliphatic heterocycles. The lowest BCUT2D eigenvalue weighted by Gasteiger charge is -2.04. The van der Waals surface area contributed by atoms with E-state index in [-0.39, 0.29) is 5.70 Å². The highest BCUT2D eigenvalue weighted by atomic mass is 79.9. The van der Waals surface area contributed by atoms with Crippen molar-refractivity contribution in [2.75, 3.05) is 7.11 Å². The zero-order valence-corrected chi connectivity index (χ0v) is 9.95. The van der Waals surface area contributed by atoms with Crippen molar-refractivity contribution in [1.29, 1.82) is 0 Å². The van der Waals surface area contributed by atoms with Crippen molar-refractivity contribution in [1.82, 2.24) is 0 Å². The van der Waals surface area contributed by atoms with Gasteiger partial charge in [-0.15, -0.1) is 0 Å². The van der Waals surface area contributed by atoms with E-state index >= 15 is 0 Å². The Balaban J connectivity index is 3.18. The summed E-state index contributed by atoms with van der Waals surface area (Å²) >= 11 is 3.30. The topological polar surface area (TPSA) is 52.4 Å². The third-order valence-corrected chi connectivity index (χ3v) is 2.34. The molecule has 0 aliphatic rings. The molecule has 0 aliphatic carbocycles. The van der Waals surface area contributed by atoms with Crippen LogP contribution in [0, 0.1) is 10.1 Å². The number of rotatable bonds is 3. The van der Waals surface area contributed by atoms with Gasteiger partial charge in [0.05, 0.1) is 12.0 Å². The van der Waals surface area contributed by atoms with Crippen LogP contribution in [0.4, 0.5) is 0 Å². The third kappa shape index (κ3) is 3.06. The number of nitrogens with zero attached hydrogens (tertiary/aromatic N) is 1. The van der Waals surface area contributed by atoms with Crippen LogP contribution in [0.5, 0.6) is 5.75 Å². The first-order valence-corrected chi connectivity index (χ1v) is 5.00. The van der Waals surface area contributed by atoms with Crippen molar-refractivity contribution >= 4 is 22.0 Å². The van der Waals surface area contributed by atoms with E-state index < -0.39 is 4.92 Å². The van der Waals surface area contributed by atoms with E-state index in [2.05, 4.69) is 15.9 Å². The molecule has 1 rings (SSSR count). The average molecular weight is 272 g/mol. The Labute approximate surface area is 95.8 Å². The largest absolute Gasteiger partial charge is 0.496 e. The molecule has 1 aromatic rings. The maximum atomic E-state index is 10.5. The number of allylic oxidation sites excluding steroid dienone is 1. The summed E-state index contributed by atoms with van der Waals surface area (Å²) in [5, 5.41) is 10.5. The molecule has 0 amide bonds. The summed E-state index contributed by atoms with van der Waals surface area (Å²) in [7, 11) is 1.53. The van der Waals surface area contributed by atoms with Gasteiger partial charge < -0.3 is 4.74 Å². The number of nitro groups is 1. The predicted molar refractivity (Wildman–Crippen MR) is 61.3 cm³/mol. The van der Waals surface area contributed by atoms with Crippen LogP contribution in [0.25, 0.3) is 6.08 Å². The molecule has 5 heteroatoms. The Hall–Kier alpha value is -1.36. The SMILES string of the molecule is COc1ccc(Br)cc1/C=C(\C)[N+](=O)[O-]. The molecular formula is C10H10BrNO3. The Morgan fingerprint density at radius 1 is 1.60 bits per heavy atom. The van der Waals surface area contributed by atoms with Crippen molar-refractivity contribution in [3.63, 3.8) is 0 Å². The lowest BCUT2D eigenvalue weighted by molar-refractivity contribution is -0.422. The highest BCUT2D eigenvalue weighted by Crippen LogP contribution is 2.25. The molecule has 0 radical (unpaired) electrons. The van der Waals surface area contributed by atoms with Crippen molar-refractivity contribution in [3.05, 3.63) is 44.0 Å². The van der Waals surface area contributed by atoms with Crippen LogP contribution < -0.4 is 4.74 Å². The summed E-state index contributed by atoms with van der Waals surface area (Å²) in [6, 6.07) is 5.34. The predicted octanol–water partition coefficient (Wildman–Crippen LogP) is 3.10. The van der Waals surface area contributed by atoms with Crippen LogP contribution in [0.2, 0.25) is 0 Å². The number of ether oxygens (including phenoxy) is 1. The molecule has 0 aromatic heterocycles.